The summed E-state index contributed by atoms with van der Waals surface area (Å²) < 4.78 is 11.5. The monoisotopic (exact) mass is 451 g/mol. The molecule has 0 fully saturated rings. The number of hydrogen-bond acceptors (Lipinski definition) is 7. The molecule has 0 saturated carbocycles. The summed E-state index contributed by atoms with van der Waals surface area (Å²) in [4.78, 5) is 25.4. The van der Waals surface area contributed by atoms with Gasteiger partial charge in [-0.05, 0) is 43.3 Å². The van der Waals surface area contributed by atoms with Gasteiger partial charge in [-0.25, -0.2) is 5.43 Å². The molecule has 3 rings (SSSR count). The van der Waals surface area contributed by atoms with Gasteiger partial charge in [0.1, 0.15) is 11.6 Å². The van der Waals surface area contributed by atoms with E-state index < -0.39 is 11.5 Å². The first-order chi connectivity index (χ1) is 15.4. The predicted octanol–water partition coefficient (Wildman–Crippen LogP) is 2.85. The van der Waals surface area contributed by atoms with E-state index in [9.17, 15) is 14.9 Å². The van der Waals surface area contributed by atoms with E-state index in [1.807, 2.05) is 6.07 Å². The van der Waals surface area contributed by atoms with Gasteiger partial charge in [0.05, 0.1) is 26.1 Å². The molecular weight excluding hydrogens is 434 g/mol. The van der Waals surface area contributed by atoms with Gasteiger partial charge in [0, 0.05) is 16.1 Å². The SMILES string of the molecule is COc1cccc(/C=N/NC(=O)c2nn(-c3ccc(Cl)cc3)c(=O)c(C#N)c2C)c1OC. The highest BCUT2D eigenvalue weighted by Crippen LogP contribution is 2.29. The number of hydrogen-bond donors (Lipinski definition) is 1. The number of methoxy groups -OCH3 is 2. The van der Waals surface area contributed by atoms with Crippen LogP contribution in [0.1, 0.15) is 27.2 Å². The van der Waals surface area contributed by atoms with Crippen LogP contribution < -0.4 is 20.5 Å². The zero-order chi connectivity index (χ0) is 23.3. The van der Waals surface area contributed by atoms with E-state index in [-0.39, 0.29) is 16.8 Å². The average Bonchev–Trinajstić information content (AvgIpc) is 2.80. The van der Waals surface area contributed by atoms with Crippen LogP contribution in [-0.2, 0) is 0 Å². The number of nitrogens with zero attached hydrogens (tertiary/aromatic N) is 4. The molecule has 0 saturated heterocycles. The van der Waals surface area contributed by atoms with Gasteiger partial charge >= 0.3 is 0 Å². The summed E-state index contributed by atoms with van der Waals surface area (Å²) in [6.45, 7) is 1.48. The van der Waals surface area contributed by atoms with Crippen molar-refractivity contribution < 1.29 is 14.3 Å². The normalized spacial score (nSPS) is 10.6. The Kier molecular flexibility index (Phi) is 6.87. The molecule has 0 spiro atoms. The lowest BCUT2D eigenvalue weighted by atomic mass is 10.1. The summed E-state index contributed by atoms with van der Waals surface area (Å²) in [5, 5.41) is 18.0. The number of nitriles is 1. The fourth-order valence-corrected chi connectivity index (χ4v) is 3.06. The maximum Gasteiger partial charge on any atom is 0.292 e. The number of carbonyl (C=O) groups is 1. The first-order valence-electron chi connectivity index (χ1n) is 9.25. The van der Waals surface area contributed by atoms with Crippen LogP contribution in [0.15, 0.2) is 52.4 Å². The standard InChI is InChI=1S/C22H18ClN5O4/c1-13-17(11-24)22(30)28(16-9-7-15(23)8-10-16)27-19(13)21(29)26-25-12-14-5-4-6-18(31-2)20(14)32-3/h4-10,12H,1-3H3,(H,26,29)/b25-12+. The van der Waals surface area contributed by atoms with Gasteiger partial charge in [0.15, 0.2) is 17.2 Å². The summed E-state index contributed by atoms with van der Waals surface area (Å²) in [5.41, 5.74) is 2.47. The second-order valence-electron chi connectivity index (χ2n) is 6.44. The molecule has 162 valence electrons. The maximum absolute atomic E-state index is 12.8. The lowest BCUT2D eigenvalue weighted by Gasteiger charge is -2.11. The number of rotatable bonds is 6. The van der Waals surface area contributed by atoms with Crippen LogP contribution in [0.4, 0.5) is 0 Å². The summed E-state index contributed by atoms with van der Waals surface area (Å²) in [6, 6.07) is 13.3. The molecule has 0 radical (unpaired) electrons. The third-order valence-corrected chi connectivity index (χ3v) is 4.79. The molecule has 10 heteroatoms. The van der Waals surface area contributed by atoms with E-state index in [1.54, 1.807) is 42.5 Å². The van der Waals surface area contributed by atoms with Crippen molar-refractivity contribution in [1.29, 1.82) is 5.26 Å². The summed E-state index contributed by atoms with van der Waals surface area (Å²) in [7, 11) is 3.00. The highest BCUT2D eigenvalue weighted by Gasteiger charge is 2.20. The molecular formula is C22H18ClN5O4. The second kappa shape index (κ2) is 9.76. The number of hydrazone groups is 1. The van der Waals surface area contributed by atoms with Crippen LogP contribution in [0, 0.1) is 18.3 Å². The minimum Gasteiger partial charge on any atom is -0.493 e. The van der Waals surface area contributed by atoms with Crippen LogP contribution in [0.25, 0.3) is 5.69 Å². The molecule has 3 aromatic rings. The Labute approximate surface area is 188 Å². The molecule has 1 heterocycles. The minimum atomic E-state index is -0.695. The summed E-state index contributed by atoms with van der Waals surface area (Å²) in [5.74, 6) is 0.263. The van der Waals surface area contributed by atoms with E-state index in [2.05, 4.69) is 15.6 Å². The fourth-order valence-electron chi connectivity index (χ4n) is 2.94. The predicted molar refractivity (Wildman–Crippen MR) is 119 cm³/mol. The molecule has 0 aliphatic carbocycles. The van der Waals surface area contributed by atoms with Gasteiger partial charge < -0.3 is 9.47 Å². The third-order valence-electron chi connectivity index (χ3n) is 4.54. The van der Waals surface area contributed by atoms with Crippen LogP contribution in [0.3, 0.4) is 0 Å². The number of halogens is 1. The van der Waals surface area contributed by atoms with E-state index in [0.717, 1.165) is 4.68 Å². The quantitative estimate of drug-likeness (QED) is 0.454. The first-order valence-corrected chi connectivity index (χ1v) is 9.63. The highest BCUT2D eigenvalue weighted by molar-refractivity contribution is 6.30. The summed E-state index contributed by atoms with van der Waals surface area (Å²) in [6.07, 6.45) is 1.38. The number of amides is 1. The van der Waals surface area contributed by atoms with E-state index in [4.69, 9.17) is 21.1 Å². The fraction of sp³-hybridized carbons (Fsp3) is 0.136. The Morgan fingerprint density at radius 1 is 1.22 bits per heavy atom. The first kappa shape index (κ1) is 22.5. The lowest BCUT2D eigenvalue weighted by Crippen LogP contribution is -2.31. The van der Waals surface area contributed by atoms with Crippen molar-refractivity contribution in [2.24, 2.45) is 5.10 Å². The van der Waals surface area contributed by atoms with Gasteiger partial charge in [-0.3, -0.25) is 9.59 Å². The van der Waals surface area contributed by atoms with Crippen LogP contribution >= 0.6 is 11.6 Å². The Hall–Kier alpha value is -4.16. The molecule has 1 amide bonds. The molecule has 0 atom stereocenters. The topological polar surface area (TPSA) is 119 Å². The minimum absolute atomic E-state index is 0.120. The van der Waals surface area contributed by atoms with Crippen molar-refractivity contribution in [3.05, 3.63) is 80.2 Å². The number of benzene rings is 2. The smallest absolute Gasteiger partial charge is 0.292 e. The van der Waals surface area contributed by atoms with Crippen molar-refractivity contribution in [1.82, 2.24) is 15.2 Å². The Balaban J connectivity index is 1.96. The zero-order valence-corrected chi connectivity index (χ0v) is 18.2. The third kappa shape index (κ3) is 4.45. The van der Waals surface area contributed by atoms with Crippen LogP contribution in [0.2, 0.25) is 5.02 Å². The average molecular weight is 452 g/mol. The Bertz CT molecular complexity index is 1290. The molecule has 2 aromatic carbocycles. The zero-order valence-electron chi connectivity index (χ0n) is 17.4. The molecule has 0 aliphatic rings. The Morgan fingerprint density at radius 2 is 1.94 bits per heavy atom. The van der Waals surface area contributed by atoms with Crippen molar-refractivity contribution in [2.45, 2.75) is 6.92 Å². The van der Waals surface area contributed by atoms with E-state index in [0.29, 0.717) is 27.8 Å². The molecule has 0 unspecified atom stereocenters. The van der Waals surface area contributed by atoms with Crippen molar-refractivity contribution in [2.75, 3.05) is 14.2 Å². The molecule has 1 N–H and O–H groups in total. The lowest BCUT2D eigenvalue weighted by molar-refractivity contribution is 0.0947. The largest absolute Gasteiger partial charge is 0.493 e. The molecule has 32 heavy (non-hydrogen) atoms. The number of nitrogens with one attached hydrogen (secondary N) is 1. The van der Waals surface area contributed by atoms with Gasteiger partial charge in [-0.2, -0.15) is 20.1 Å². The van der Waals surface area contributed by atoms with Crippen molar-refractivity contribution in [3.8, 4) is 23.3 Å². The van der Waals surface area contributed by atoms with Gasteiger partial charge in [0.25, 0.3) is 11.5 Å². The Morgan fingerprint density at radius 3 is 2.56 bits per heavy atom. The van der Waals surface area contributed by atoms with Crippen LogP contribution in [-0.4, -0.2) is 36.1 Å². The number of aromatic nitrogens is 2. The maximum atomic E-state index is 12.8. The van der Waals surface area contributed by atoms with E-state index >= 15 is 0 Å². The highest BCUT2D eigenvalue weighted by atomic mass is 35.5. The van der Waals surface area contributed by atoms with Crippen molar-refractivity contribution >= 4 is 23.7 Å². The molecule has 1 aromatic heterocycles. The molecule has 0 aliphatic heterocycles. The number of ether oxygens (including phenoxy) is 2. The second-order valence-corrected chi connectivity index (χ2v) is 6.87. The van der Waals surface area contributed by atoms with Gasteiger partial charge in [-0.15, -0.1) is 0 Å². The van der Waals surface area contributed by atoms with E-state index in [1.165, 1.54) is 27.4 Å². The van der Waals surface area contributed by atoms with Gasteiger partial charge in [0.2, 0.25) is 0 Å². The van der Waals surface area contributed by atoms with Crippen molar-refractivity contribution in [3.63, 3.8) is 0 Å². The number of carbonyl (C=O) groups excluding carboxylic acids is 1. The molecule has 0 bridgehead atoms. The number of para-hydroxylation sites is 1. The van der Waals surface area contributed by atoms with Gasteiger partial charge in [-0.1, -0.05) is 17.7 Å². The summed E-state index contributed by atoms with van der Waals surface area (Å²) >= 11 is 5.90. The van der Waals surface area contributed by atoms with Crippen LogP contribution in [0.5, 0.6) is 11.5 Å². The molecule has 9 nitrogen and oxygen atoms in total.